The second kappa shape index (κ2) is 8.53. The van der Waals surface area contributed by atoms with Gasteiger partial charge in [-0.25, -0.2) is 14.6 Å². The Bertz CT molecular complexity index is 1530. The number of ether oxygens (including phenoxy) is 1. The minimum Gasteiger partial charge on any atom is -0.377 e. The highest BCUT2D eigenvalue weighted by molar-refractivity contribution is 6.30. The standard InChI is InChI=1S/C26H26ClN7O2/c1-14(2)33-23-21(29-24(33)17-9-11-36-12-10-17)26(35)34(22(23)16-5-7-18(27)8-6-16)19-13-15(3)20-25(28-19)32(4)31-30-20/h5-9,13-14,22H,10-12H2,1-4H3/t22-/m0/s1. The van der Waals surface area contributed by atoms with Crippen molar-refractivity contribution in [3.63, 3.8) is 0 Å². The lowest BCUT2D eigenvalue weighted by molar-refractivity contribution is 0.0988. The van der Waals surface area contributed by atoms with Crippen LogP contribution < -0.4 is 4.90 Å². The average Bonchev–Trinajstić information content (AvgIpc) is 3.52. The van der Waals surface area contributed by atoms with Crippen LogP contribution in [0.3, 0.4) is 0 Å². The molecule has 0 N–H and O–H groups in total. The zero-order valence-electron chi connectivity index (χ0n) is 20.6. The van der Waals surface area contributed by atoms with Crippen LogP contribution >= 0.6 is 11.6 Å². The topological polar surface area (TPSA) is 91.0 Å². The summed E-state index contributed by atoms with van der Waals surface area (Å²) < 4.78 is 9.34. The molecule has 0 bridgehead atoms. The lowest BCUT2D eigenvalue weighted by atomic mass is 10.0. The third kappa shape index (κ3) is 3.45. The van der Waals surface area contributed by atoms with E-state index < -0.39 is 6.04 Å². The normalized spacial score (nSPS) is 17.8. The number of amides is 1. The highest BCUT2D eigenvalue weighted by Gasteiger charge is 2.45. The van der Waals surface area contributed by atoms with Crippen molar-refractivity contribution in [2.75, 3.05) is 18.1 Å². The maximum absolute atomic E-state index is 14.1. The van der Waals surface area contributed by atoms with E-state index in [1.807, 2.05) is 37.3 Å². The van der Waals surface area contributed by atoms with Crippen LogP contribution in [-0.2, 0) is 11.8 Å². The summed E-state index contributed by atoms with van der Waals surface area (Å²) in [5.41, 5.74) is 5.59. The van der Waals surface area contributed by atoms with Gasteiger partial charge in [-0.3, -0.25) is 9.69 Å². The number of anilines is 1. The predicted molar refractivity (Wildman–Crippen MR) is 137 cm³/mol. The number of carbonyl (C=O) groups excluding carboxylic acids is 1. The predicted octanol–water partition coefficient (Wildman–Crippen LogP) is 4.66. The van der Waals surface area contributed by atoms with Crippen LogP contribution in [0.5, 0.6) is 0 Å². The van der Waals surface area contributed by atoms with Gasteiger partial charge in [-0.15, -0.1) is 5.10 Å². The zero-order valence-corrected chi connectivity index (χ0v) is 21.3. The highest BCUT2D eigenvalue weighted by atomic mass is 35.5. The Morgan fingerprint density at radius 3 is 2.64 bits per heavy atom. The van der Waals surface area contributed by atoms with E-state index in [4.69, 9.17) is 26.3 Å². The molecule has 1 atom stereocenters. The van der Waals surface area contributed by atoms with Gasteiger partial charge in [0.15, 0.2) is 11.3 Å². The van der Waals surface area contributed by atoms with Gasteiger partial charge < -0.3 is 9.30 Å². The molecule has 9 nitrogen and oxygen atoms in total. The molecule has 0 fully saturated rings. The van der Waals surface area contributed by atoms with Gasteiger partial charge in [0.05, 0.1) is 18.9 Å². The fourth-order valence-electron chi connectivity index (χ4n) is 5.14. The smallest absolute Gasteiger partial charge is 0.280 e. The first kappa shape index (κ1) is 22.9. The van der Waals surface area contributed by atoms with Crippen molar-refractivity contribution in [2.24, 2.45) is 7.05 Å². The number of hydrogen-bond donors (Lipinski definition) is 0. The summed E-state index contributed by atoms with van der Waals surface area (Å²) in [4.78, 5) is 25.6. The summed E-state index contributed by atoms with van der Waals surface area (Å²) in [6.07, 6.45) is 2.82. The maximum Gasteiger partial charge on any atom is 0.280 e. The molecule has 1 amide bonds. The first-order valence-electron chi connectivity index (χ1n) is 12.0. The number of aromatic nitrogens is 6. The number of fused-ring (bicyclic) bond motifs is 2. The van der Waals surface area contributed by atoms with E-state index in [-0.39, 0.29) is 11.9 Å². The van der Waals surface area contributed by atoms with Gasteiger partial charge >= 0.3 is 0 Å². The molecule has 2 aliphatic rings. The summed E-state index contributed by atoms with van der Waals surface area (Å²) in [5.74, 6) is 1.19. The SMILES string of the molecule is Cc1cc(N2C(=O)c3nc(C4=CCOCC4)n(C(C)C)c3[C@@H]2c2ccc(Cl)cc2)nc2c1nnn2C. The Balaban J connectivity index is 1.59. The van der Waals surface area contributed by atoms with E-state index in [2.05, 4.69) is 34.8 Å². The molecule has 36 heavy (non-hydrogen) atoms. The molecule has 4 aromatic rings. The van der Waals surface area contributed by atoms with Crippen LogP contribution in [0.15, 0.2) is 36.4 Å². The van der Waals surface area contributed by atoms with Gasteiger partial charge in [-0.05, 0) is 62.1 Å². The molecule has 10 heteroatoms. The molecular weight excluding hydrogens is 478 g/mol. The lowest BCUT2D eigenvalue weighted by Crippen LogP contribution is -2.31. The highest BCUT2D eigenvalue weighted by Crippen LogP contribution is 2.44. The van der Waals surface area contributed by atoms with Crippen LogP contribution in [-0.4, -0.2) is 48.6 Å². The molecule has 0 aliphatic carbocycles. The van der Waals surface area contributed by atoms with Crippen molar-refractivity contribution in [1.29, 1.82) is 0 Å². The Morgan fingerprint density at radius 2 is 1.94 bits per heavy atom. The molecular formula is C26H26ClN7O2. The Hall–Kier alpha value is -3.56. The molecule has 1 aromatic carbocycles. The Labute approximate surface area is 213 Å². The summed E-state index contributed by atoms with van der Waals surface area (Å²) in [5, 5.41) is 8.97. The van der Waals surface area contributed by atoms with Crippen LogP contribution in [0.4, 0.5) is 5.82 Å². The maximum atomic E-state index is 14.1. The van der Waals surface area contributed by atoms with Gasteiger partial charge in [-0.1, -0.05) is 35.0 Å². The molecule has 0 saturated carbocycles. The van der Waals surface area contributed by atoms with Crippen molar-refractivity contribution in [3.05, 3.63) is 69.8 Å². The van der Waals surface area contributed by atoms with Crippen LogP contribution in [0, 0.1) is 6.92 Å². The first-order chi connectivity index (χ1) is 17.3. The number of aryl methyl sites for hydroxylation is 2. The molecule has 0 unspecified atom stereocenters. The van der Waals surface area contributed by atoms with Gasteiger partial charge in [0, 0.05) is 18.1 Å². The molecule has 5 heterocycles. The number of rotatable bonds is 4. The zero-order chi connectivity index (χ0) is 25.1. The third-order valence-corrected chi connectivity index (χ3v) is 7.07. The van der Waals surface area contributed by atoms with E-state index >= 15 is 0 Å². The van der Waals surface area contributed by atoms with Crippen molar-refractivity contribution in [1.82, 2.24) is 29.5 Å². The minimum absolute atomic E-state index is 0.0843. The molecule has 0 spiro atoms. The second-order valence-electron chi connectivity index (χ2n) is 9.50. The number of carbonyl (C=O) groups is 1. The minimum atomic E-state index is -0.417. The molecule has 3 aromatic heterocycles. The van der Waals surface area contributed by atoms with Crippen LogP contribution in [0.1, 0.15) is 65.5 Å². The second-order valence-corrected chi connectivity index (χ2v) is 9.94. The third-order valence-electron chi connectivity index (χ3n) is 6.82. The molecule has 2 aliphatic heterocycles. The monoisotopic (exact) mass is 503 g/mol. The lowest BCUT2D eigenvalue weighted by Gasteiger charge is -2.28. The van der Waals surface area contributed by atoms with Crippen LogP contribution in [0.2, 0.25) is 5.02 Å². The number of benzene rings is 1. The van der Waals surface area contributed by atoms with Crippen molar-refractivity contribution < 1.29 is 9.53 Å². The van der Waals surface area contributed by atoms with E-state index in [0.717, 1.165) is 34.6 Å². The van der Waals surface area contributed by atoms with Crippen molar-refractivity contribution >= 4 is 40.1 Å². The Morgan fingerprint density at radius 1 is 1.17 bits per heavy atom. The molecule has 0 radical (unpaired) electrons. The summed E-state index contributed by atoms with van der Waals surface area (Å²) in [6.45, 7) is 7.38. The molecule has 184 valence electrons. The fourth-order valence-corrected chi connectivity index (χ4v) is 5.27. The van der Waals surface area contributed by atoms with Gasteiger partial charge in [0.25, 0.3) is 5.91 Å². The summed E-state index contributed by atoms with van der Waals surface area (Å²) in [6, 6.07) is 9.19. The van der Waals surface area contributed by atoms with Gasteiger partial charge in [0.1, 0.15) is 23.2 Å². The Kier molecular flexibility index (Phi) is 5.42. The number of pyridine rings is 1. The van der Waals surface area contributed by atoms with Crippen LogP contribution in [0.25, 0.3) is 16.7 Å². The largest absolute Gasteiger partial charge is 0.377 e. The average molecular weight is 504 g/mol. The number of halogens is 1. The molecule has 0 saturated heterocycles. The number of imidazole rings is 1. The number of hydrogen-bond acceptors (Lipinski definition) is 6. The summed E-state index contributed by atoms with van der Waals surface area (Å²) >= 11 is 6.23. The van der Waals surface area contributed by atoms with Crippen molar-refractivity contribution in [3.8, 4) is 0 Å². The van der Waals surface area contributed by atoms with Gasteiger partial charge in [-0.2, -0.15) is 0 Å². The van der Waals surface area contributed by atoms with E-state index in [1.165, 1.54) is 0 Å². The van der Waals surface area contributed by atoms with E-state index in [1.54, 1.807) is 16.6 Å². The summed E-state index contributed by atoms with van der Waals surface area (Å²) in [7, 11) is 1.80. The fraction of sp³-hybridized carbons (Fsp3) is 0.346. The van der Waals surface area contributed by atoms with E-state index in [9.17, 15) is 4.79 Å². The first-order valence-corrected chi connectivity index (χ1v) is 12.4. The van der Waals surface area contributed by atoms with Gasteiger partial charge in [0.2, 0.25) is 0 Å². The number of nitrogens with zero attached hydrogens (tertiary/aromatic N) is 7. The van der Waals surface area contributed by atoms with E-state index in [0.29, 0.717) is 40.9 Å². The quantitative estimate of drug-likeness (QED) is 0.402. The molecule has 6 rings (SSSR count). The van der Waals surface area contributed by atoms with Crippen molar-refractivity contribution in [2.45, 2.75) is 39.3 Å².